The molecule has 0 saturated carbocycles. The molecule has 2 aromatic heterocycles. The molecule has 2 heterocycles. The lowest BCUT2D eigenvalue weighted by molar-refractivity contribution is 0.982. The number of aromatic nitrogens is 2. The van der Waals surface area contributed by atoms with Crippen LogP contribution in [0.25, 0.3) is 110 Å². The quantitative estimate of drug-likeness (QED) is 0.165. The van der Waals surface area contributed by atoms with Crippen molar-refractivity contribution in [2.75, 3.05) is 0 Å². The molecule has 0 saturated heterocycles. The monoisotopic (exact) mass is 724 g/mol. The second kappa shape index (κ2) is 12.6. The highest BCUT2D eigenvalue weighted by atomic mass is 15.0. The molecule has 0 fully saturated rings. The highest BCUT2D eigenvalue weighted by Gasteiger charge is 2.21. The maximum atomic E-state index is 4.62. The Bertz CT molecular complexity index is 3460. The fourth-order valence-electron chi connectivity index (χ4n) is 9.70. The molecule has 0 unspecified atom stereocenters. The molecular weight excluding hydrogens is 689 g/mol. The first-order valence-corrected chi connectivity index (χ1v) is 19.9. The van der Waals surface area contributed by atoms with Crippen LogP contribution in [0.2, 0.25) is 0 Å². The van der Waals surface area contributed by atoms with Gasteiger partial charge in [-0.15, -0.1) is 0 Å². The van der Waals surface area contributed by atoms with Gasteiger partial charge in [0.05, 0.1) is 11.0 Å². The lowest BCUT2D eigenvalue weighted by Gasteiger charge is -2.20. The maximum absolute atomic E-state index is 4.62. The molecule has 1 aliphatic carbocycles. The molecule has 9 aromatic carbocycles. The minimum absolute atomic E-state index is 1.10. The highest BCUT2D eigenvalue weighted by molar-refractivity contribution is 6.25. The number of aryl methyl sites for hydroxylation is 1. The van der Waals surface area contributed by atoms with Crippen molar-refractivity contribution in [2.24, 2.45) is 0 Å². The van der Waals surface area contributed by atoms with Gasteiger partial charge in [0.15, 0.2) is 0 Å². The Morgan fingerprint density at radius 1 is 0.439 bits per heavy atom. The van der Waals surface area contributed by atoms with E-state index >= 15 is 0 Å². The van der Waals surface area contributed by atoms with E-state index in [1.54, 1.807) is 0 Å². The largest absolute Gasteiger partial charge is 0.309 e. The number of allylic oxidation sites excluding steroid dienone is 1. The Morgan fingerprint density at radius 3 is 1.77 bits per heavy atom. The minimum Gasteiger partial charge on any atom is -0.309 e. The second-order valence-electron chi connectivity index (χ2n) is 15.4. The third kappa shape index (κ3) is 4.94. The van der Waals surface area contributed by atoms with Crippen molar-refractivity contribution in [3.8, 4) is 39.1 Å². The van der Waals surface area contributed by atoms with Crippen LogP contribution >= 0.6 is 0 Å². The number of pyridine rings is 1. The number of fused-ring (bicyclic) bond motifs is 8. The van der Waals surface area contributed by atoms with Crippen LogP contribution in [-0.2, 0) is 6.42 Å². The van der Waals surface area contributed by atoms with Crippen molar-refractivity contribution >= 4 is 71.0 Å². The van der Waals surface area contributed by atoms with Crippen molar-refractivity contribution in [3.63, 3.8) is 0 Å². The van der Waals surface area contributed by atoms with Gasteiger partial charge in [-0.05, 0) is 137 Å². The van der Waals surface area contributed by atoms with Crippen LogP contribution in [0, 0.1) is 0 Å². The number of rotatable bonds is 4. The van der Waals surface area contributed by atoms with E-state index < -0.39 is 0 Å². The summed E-state index contributed by atoms with van der Waals surface area (Å²) in [5, 5.41) is 12.4. The van der Waals surface area contributed by atoms with Gasteiger partial charge in [0, 0.05) is 28.9 Å². The predicted molar refractivity (Wildman–Crippen MR) is 242 cm³/mol. The number of hydrogen-bond donors (Lipinski definition) is 0. The van der Waals surface area contributed by atoms with Crippen LogP contribution in [-0.4, -0.2) is 9.55 Å². The number of nitrogens with zero attached hydrogens (tertiary/aromatic N) is 2. The summed E-state index contributed by atoms with van der Waals surface area (Å²) in [4.78, 5) is 4.62. The number of hydrogen-bond acceptors (Lipinski definition) is 1. The molecule has 0 atom stereocenters. The fraction of sp³-hybridized carbons (Fsp3) is 0.0364. The van der Waals surface area contributed by atoms with Crippen molar-refractivity contribution < 1.29 is 0 Å². The third-order valence-corrected chi connectivity index (χ3v) is 12.3. The molecule has 0 spiro atoms. The molecule has 2 heteroatoms. The van der Waals surface area contributed by atoms with E-state index in [9.17, 15) is 0 Å². The van der Waals surface area contributed by atoms with E-state index in [1.165, 1.54) is 110 Å². The standard InChI is InChI=1S/C55H36N2/c1-2-14-38-31-41(26-23-35(38)11-1)57-52-28-25-40(32-49(52)51-34-56-30-29-53(51)57)39-24-27-48-50(33-39)55(45-22-10-16-37-13-4-6-18-43(37)45)47-20-8-7-19-46(47)54(48)44-21-9-15-36-12-3-5-17-42(36)44/h2-10,12-34H,1,11H2. The molecule has 0 N–H and O–H groups in total. The van der Waals surface area contributed by atoms with Crippen molar-refractivity contribution in [1.29, 1.82) is 0 Å². The molecule has 57 heavy (non-hydrogen) atoms. The minimum atomic E-state index is 1.10. The molecule has 0 amide bonds. The van der Waals surface area contributed by atoms with Gasteiger partial charge < -0.3 is 4.57 Å². The Balaban J connectivity index is 1.14. The average Bonchev–Trinajstić information content (AvgIpc) is 3.61. The molecular formula is C55H36N2. The Hall–Kier alpha value is -7.29. The zero-order valence-corrected chi connectivity index (χ0v) is 31.3. The first kappa shape index (κ1) is 32.0. The van der Waals surface area contributed by atoms with Crippen LogP contribution in [0.15, 0.2) is 188 Å². The Kier molecular flexibility index (Phi) is 7.09. The molecule has 11 aromatic rings. The topological polar surface area (TPSA) is 17.8 Å². The van der Waals surface area contributed by atoms with Crippen LogP contribution in [0.4, 0.5) is 0 Å². The third-order valence-electron chi connectivity index (χ3n) is 12.3. The van der Waals surface area contributed by atoms with E-state index in [1.807, 2.05) is 12.4 Å². The van der Waals surface area contributed by atoms with E-state index in [0.717, 1.165) is 18.2 Å². The van der Waals surface area contributed by atoms with E-state index in [-0.39, 0.29) is 0 Å². The van der Waals surface area contributed by atoms with E-state index in [2.05, 4.69) is 192 Å². The Labute approximate surface area is 330 Å². The lowest BCUT2D eigenvalue weighted by atomic mass is 9.83. The Morgan fingerprint density at radius 2 is 1.04 bits per heavy atom. The first-order valence-electron chi connectivity index (χ1n) is 19.9. The lowest BCUT2D eigenvalue weighted by Crippen LogP contribution is -1.99. The predicted octanol–water partition coefficient (Wildman–Crippen LogP) is 14.8. The fourth-order valence-corrected chi connectivity index (χ4v) is 9.70. The summed E-state index contributed by atoms with van der Waals surface area (Å²) in [7, 11) is 0. The summed E-state index contributed by atoms with van der Waals surface area (Å²) in [6, 6.07) is 63.2. The van der Waals surface area contributed by atoms with Crippen LogP contribution < -0.4 is 0 Å². The molecule has 0 bridgehead atoms. The average molecular weight is 725 g/mol. The summed E-state index contributed by atoms with van der Waals surface area (Å²) in [5.74, 6) is 0. The maximum Gasteiger partial charge on any atom is 0.0571 e. The van der Waals surface area contributed by atoms with Crippen molar-refractivity contribution in [3.05, 3.63) is 199 Å². The van der Waals surface area contributed by atoms with Gasteiger partial charge in [0.1, 0.15) is 0 Å². The smallest absolute Gasteiger partial charge is 0.0571 e. The molecule has 0 radical (unpaired) electrons. The van der Waals surface area contributed by atoms with Crippen molar-refractivity contribution in [2.45, 2.75) is 12.8 Å². The van der Waals surface area contributed by atoms with Crippen LogP contribution in [0.1, 0.15) is 17.5 Å². The van der Waals surface area contributed by atoms with E-state index in [0.29, 0.717) is 0 Å². The van der Waals surface area contributed by atoms with Gasteiger partial charge in [-0.3, -0.25) is 4.98 Å². The van der Waals surface area contributed by atoms with Crippen molar-refractivity contribution in [1.82, 2.24) is 9.55 Å². The zero-order valence-electron chi connectivity index (χ0n) is 31.3. The van der Waals surface area contributed by atoms with E-state index in [4.69, 9.17) is 0 Å². The molecule has 1 aliphatic rings. The first-order chi connectivity index (χ1) is 28.3. The van der Waals surface area contributed by atoms with Gasteiger partial charge in [-0.2, -0.15) is 0 Å². The van der Waals surface area contributed by atoms with Gasteiger partial charge in [0.25, 0.3) is 0 Å². The molecule has 0 aliphatic heterocycles. The normalized spacial score (nSPS) is 12.7. The molecule has 12 rings (SSSR count). The molecule has 266 valence electrons. The second-order valence-corrected chi connectivity index (χ2v) is 15.4. The SMILES string of the molecule is C1=Cc2cc(-n3c4ccncc4c4cc(-c5ccc6c(-c7cccc8ccccc78)c7ccccc7c(-c7cccc8ccccc78)c6c5)ccc43)ccc2CC1. The highest BCUT2D eigenvalue weighted by Crippen LogP contribution is 2.48. The summed E-state index contributed by atoms with van der Waals surface area (Å²) < 4.78 is 2.40. The summed E-state index contributed by atoms with van der Waals surface area (Å²) >= 11 is 0. The van der Waals surface area contributed by atoms with Gasteiger partial charge in [-0.1, -0.05) is 146 Å². The summed E-state index contributed by atoms with van der Waals surface area (Å²) in [5.41, 5.74) is 13.7. The van der Waals surface area contributed by atoms with Crippen LogP contribution in [0.3, 0.4) is 0 Å². The van der Waals surface area contributed by atoms with Gasteiger partial charge in [-0.25, -0.2) is 0 Å². The number of benzene rings is 9. The summed E-state index contributed by atoms with van der Waals surface area (Å²) in [6.45, 7) is 0. The molecule has 2 nitrogen and oxygen atoms in total. The van der Waals surface area contributed by atoms with Gasteiger partial charge >= 0.3 is 0 Å². The summed E-state index contributed by atoms with van der Waals surface area (Å²) in [6.07, 6.45) is 10.7. The van der Waals surface area contributed by atoms with Gasteiger partial charge in [0.2, 0.25) is 0 Å². The van der Waals surface area contributed by atoms with Crippen LogP contribution in [0.5, 0.6) is 0 Å². The zero-order chi connectivity index (χ0) is 37.5.